The molecule has 90 valence electrons. The number of nitrogens with zero attached hydrogens (tertiary/aromatic N) is 2. The average molecular weight is 225 g/mol. The molecule has 0 aliphatic rings. The number of aryl methyl sites for hydroxylation is 1. The fraction of sp³-hybridized carbons (Fsp3) is 0.636. The molecule has 0 spiro atoms. The molecule has 0 aliphatic heterocycles. The second kappa shape index (κ2) is 5.12. The zero-order valence-corrected chi connectivity index (χ0v) is 10.3. The third-order valence-corrected chi connectivity index (χ3v) is 1.68. The van der Waals surface area contributed by atoms with E-state index in [1.807, 2.05) is 27.7 Å². The fourth-order valence-corrected chi connectivity index (χ4v) is 1.05. The topological polar surface area (TPSA) is 70.3 Å². The molecular formula is C11H19N3O2. The molecule has 0 fully saturated rings. The van der Waals surface area contributed by atoms with Crippen LogP contribution in [-0.4, -0.2) is 28.7 Å². The Bertz CT molecular complexity index is 348. The van der Waals surface area contributed by atoms with Crippen molar-refractivity contribution in [1.82, 2.24) is 9.97 Å². The summed E-state index contributed by atoms with van der Waals surface area (Å²) in [4.78, 5) is 8.27. The lowest BCUT2D eigenvalue weighted by Gasteiger charge is -2.18. The molecule has 1 aromatic heterocycles. The van der Waals surface area contributed by atoms with Crippen LogP contribution in [0, 0.1) is 6.92 Å². The van der Waals surface area contributed by atoms with Crippen molar-refractivity contribution in [1.29, 1.82) is 0 Å². The van der Waals surface area contributed by atoms with Gasteiger partial charge >= 0.3 is 6.01 Å². The summed E-state index contributed by atoms with van der Waals surface area (Å²) in [5, 5.41) is 0. The third kappa shape index (κ3) is 4.44. The van der Waals surface area contributed by atoms with Crippen LogP contribution in [0.3, 0.4) is 0 Å². The van der Waals surface area contributed by atoms with Crippen molar-refractivity contribution in [2.75, 3.05) is 13.2 Å². The van der Waals surface area contributed by atoms with Crippen LogP contribution in [0.2, 0.25) is 0 Å². The highest BCUT2D eigenvalue weighted by Gasteiger charge is 2.13. The Labute approximate surface area is 96.0 Å². The minimum Gasteiger partial charge on any atom is -0.478 e. The SMILES string of the molecule is CCOc1cc(C)nc(OCC(C)(C)N)n1. The average Bonchev–Trinajstić information content (AvgIpc) is 2.13. The van der Waals surface area contributed by atoms with Crippen LogP contribution in [0.4, 0.5) is 0 Å². The Morgan fingerprint density at radius 3 is 2.56 bits per heavy atom. The Balaban J connectivity index is 2.72. The summed E-state index contributed by atoms with van der Waals surface area (Å²) in [6, 6.07) is 2.08. The maximum atomic E-state index is 5.81. The Morgan fingerprint density at radius 2 is 2.00 bits per heavy atom. The second-order valence-corrected chi connectivity index (χ2v) is 4.34. The summed E-state index contributed by atoms with van der Waals surface area (Å²) in [6.07, 6.45) is 0. The smallest absolute Gasteiger partial charge is 0.319 e. The van der Waals surface area contributed by atoms with Crippen molar-refractivity contribution in [2.24, 2.45) is 5.73 Å². The minimum atomic E-state index is -0.404. The molecule has 0 saturated carbocycles. The van der Waals surface area contributed by atoms with Gasteiger partial charge in [0.15, 0.2) is 0 Å². The van der Waals surface area contributed by atoms with Crippen LogP contribution < -0.4 is 15.2 Å². The first kappa shape index (κ1) is 12.7. The summed E-state index contributed by atoms with van der Waals surface area (Å²) in [5.41, 5.74) is 6.21. The minimum absolute atomic E-state index is 0.307. The second-order valence-electron chi connectivity index (χ2n) is 4.34. The van der Waals surface area contributed by atoms with Crippen molar-refractivity contribution >= 4 is 0 Å². The maximum Gasteiger partial charge on any atom is 0.319 e. The van der Waals surface area contributed by atoms with Crippen molar-refractivity contribution < 1.29 is 9.47 Å². The largest absolute Gasteiger partial charge is 0.478 e. The van der Waals surface area contributed by atoms with Crippen molar-refractivity contribution in [2.45, 2.75) is 33.2 Å². The standard InChI is InChI=1S/C11H19N3O2/c1-5-15-9-6-8(2)13-10(14-9)16-7-11(3,4)12/h6H,5,7,12H2,1-4H3. The Morgan fingerprint density at radius 1 is 1.31 bits per heavy atom. The summed E-state index contributed by atoms with van der Waals surface area (Å²) in [6.45, 7) is 8.46. The van der Waals surface area contributed by atoms with Gasteiger partial charge in [-0.25, -0.2) is 4.98 Å². The molecule has 0 aliphatic carbocycles. The lowest BCUT2D eigenvalue weighted by Crippen LogP contribution is -2.39. The predicted octanol–water partition coefficient (Wildman–Crippen LogP) is 1.30. The van der Waals surface area contributed by atoms with Gasteiger partial charge in [0.2, 0.25) is 5.88 Å². The van der Waals surface area contributed by atoms with Gasteiger partial charge < -0.3 is 15.2 Å². The van der Waals surface area contributed by atoms with Crippen molar-refractivity contribution in [3.8, 4) is 11.9 Å². The molecule has 16 heavy (non-hydrogen) atoms. The van der Waals surface area contributed by atoms with Gasteiger partial charge in [0.25, 0.3) is 0 Å². The summed E-state index contributed by atoms with van der Waals surface area (Å²) in [5.74, 6) is 0.528. The molecule has 0 radical (unpaired) electrons. The lowest BCUT2D eigenvalue weighted by molar-refractivity contribution is 0.221. The van der Waals surface area contributed by atoms with Crippen LogP contribution in [0.15, 0.2) is 6.07 Å². The van der Waals surface area contributed by atoms with Crippen molar-refractivity contribution in [3.05, 3.63) is 11.8 Å². The van der Waals surface area contributed by atoms with Crippen LogP contribution in [0.5, 0.6) is 11.9 Å². The number of nitrogens with two attached hydrogens (primary N) is 1. The van der Waals surface area contributed by atoms with E-state index in [2.05, 4.69) is 9.97 Å². The predicted molar refractivity (Wildman–Crippen MR) is 61.7 cm³/mol. The first-order valence-corrected chi connectivity index (χ1v) is 5.31. The van der Waals surface area contributed by atoms with E-state index in [1.54, 1.807) is 6.07 Å². The number of ether oxygens (including phenoxy) is 2. The molecule has 1 heterocycles. The quantitative estimate of drug-likeness (QED) is 0.817. The molecule has 0 aromatic carbocycles. The monoisotopic (exact) mass is 225 g/mol. The van der Waals surface area contributed by atoms with Gasteiger partial charge in [-0.1, -0.05) is 0 Å². The first-order chi connectivity index (χ1) is 7.40. The Hall–Kier alpha value is -1.36. The molecule has 0 unspecified atom stereocenters. The van der Waals surface area contributed by atoms with E-state index in [-0.39, 0.29) is 0 Å². The summed E-state index contributed by atoms with van der Waals surface area (Å²) in [7, 11) is 0. The number of hydrogen-bond donors (Lipinski definition) is 1. The normalized spacial score (nSPS) is 11.3. The van der Waals surface area contributed by atoms with Gasteiger partial charge in [-0.15, -0.1) is 0 Å². The molecule has 5 nitrogen and oxygen atoms in total. The zero-order valence-electron chi connectivity index (χ0n) is 10.3. The van der Waals surface area contributed by atoms with E-state index in [1.165, 1.54) is 0 Å². The van der Waals surface area contributed by atoms with Crippen LogP contribution in [0.1, 0.15) is 26.5 Å². The fourth-order valence-electron chi connectivity index (χ4n) is 1.05. The molecule has 2 N–H and O–H groups in total. The highest BCUT2D eigenvalue weighted by atomic mass is 16.5. The molecule has 0 bridgehead atoms. The highest BCUT2D eigenvalue weighted by Crippen LogP contribution is 2.14. The van der Waals surface area contributed by atoms with E-state index in [9.17, 15) is 0 Å². The van der Waals surface area contributed by atoms with Gasteiger partial charge in [-0.2, -0.15) is 4.98 Å². The first-order valence-electron chi connectivity index (χ1n) is 5.31. The maximum absolute atomic E-state index is 5.81. The van der Waals surface area contributed by atoms with E-state index in [0.29, 0.717) is 25.1 Å². The summed E-state index contributed by atoms with van der Waals surface area (Å²) < 4.78 is 10.7. The van der Waals surface area contributed by atoms with Crippen molar-refractivity contribution in [3.63, 3.8) is 0 Å². The lowest BCUT2D eigenvalue weighted by atomic mass is 10.1. The number of aromatic nitrogens is 2. The molecular weight excluding hydrogens is 206 g/mol. The third-order valence-electron chi connectivity index (χ3n) is 1.68. The molecule has 1 rings (SSSR count). The van der Waals surface area contributed by atoms with Gasteiger partial charge in [-0.05, 0) is 27.7 Å². The van der Waals surface area contributed by atoms with Crippen LogP contribution in [-0.2, 0) is 0 Å². The summed E-state index contributed by atoms with van der Waals surface area (Å²) >= 11 is 0. The number of rotatable bonds is 5. The van der Waals surface area contributed by atoms with Crippen LogP contribution >= 0.6 is 0 Å². The molecule has 5 heteroatoms. The zero-order chi connectivity index (χ0) is 12.2. The van der Waals surface area contributed by atoms with E-state index < -0.39 is 5.54 Å². The van der Waals surface area contributed by atoms with E-state index in [0.717, 1.165) is 5.69 Å². The molecule has 0 atom stereocenters. The van der Waals surface area contributed by atoms with E-state index >= 15 is 0 Å². The van der Waals surface area contributed by atoms with Crippen LogP contribution in [0.25, 0.3) is 0 Å². The van der Waals surface area contributed by atoms with E-state index in [4.69, 9.17) is 15.2 Å². The van der Waals surface area contributed by atoms with Gasteiger partial charge in [0.1, 0.15) is 6.61 Å². The Kier molecular flexibility index (Phi) is 4.06. The molecule has 0 amide bonds. The van der Waals surface area contributed by atoms with Gasteiger partial charge in [-0.3, -0.25) is 0 Å². The molecule has 1 aromatic rings. The van der Waals surface area contributed by atoms with Gasteiger partial charge in [0.05, 0.1) is 6.61 Å². The molecule has 0 saturated heterocycles. The van der Waals surface area contributed by atoms with Gasteiger partial charge in [0, 0.05) is 17.3 Å². The highest BCUT2D eigenvalue weighted by molar-refractivity contribution is 5.17. The number of hydrogen-bond acceptors (Lipinski definition) is 5.